The molecule has 0 aliphatic carbocycles. The minimum atomic E-state index is -0.557. The van der Waals surface area contributed by atoms with Crippen LogP contribution < -0.4 is 5.73 Å². The number of aromatic nitrogens is 1. The Kier molecular flexibility index (Phi) is 2.50. The molecule has 0 bridgehead atoms. The molecule has 16 heavy (non-hydrogen) atoms. The second-order valence-corrected chi connectivity index (χ2v) is 4.04. The van der Waals surface area contributed by atoms with E-state index in [4.69, 9.17) is 5.73 Å². The van der Waals surface area contributed by atoms with Gasteiger partial charge in [-0.25, -0.2) is 13.8 Å². The van der Waals surface area contributed by atoms with Crippen molar-refractivity contribution in [2.45, 2.75) is 19.8 Å². The molecule has 2 N–H and O–H groups in total. The van der Waals surface area contributed by atoms with Gasteiger partial charge in [-0.3, -0.25) is 0 Å². The predicted molar refractivity (Wildman–Crippen MR) is 60.2 cm³/mol. The topological polar surface area (TPSA) is 38.9 Å². The van der Waals surface area contributed by atoms with Crippen molar-refractivity contribution in [2.75, 3.05) is 5.73 Å². The van der Waals surface area contributed by atoms with E-state index in [1.54, 1.807) is 6.07 Å². The third-order valence-electron chi connectivity index (χ3n) is 2.56. The summed E-state index contributed by atoms with van der Waals surface area (Å²) in [4.78, 5) is 3.92. The monoisotopic (exact) mass is 222 g/mol. The maximum atomic E-state index is 13.5. The summed E-state index contributed by atoms with van der Waals surface area (Å²) >= 11 is 0. The number of halogens is 2. The van der Waals surface area contributed by atoms with E-state index in [1.807, 2.05) is 13.8 Å². The molecule has 1 aromatic carbocycles. The summed E-state index contributed by atoms with van der Waals surface area (Å²) in [5.74, 6) is -0.657. The molecule has 1 aromatic heterocycles. The first kappa shape index (κ1) is 10.8. The molecule has 0 spiro atoms. The lowest BCUT2D eigenvalue weighted by molar-refractivity contribution is 0.615. The second kappa shape index (κ2) is 3.70. The lowest BCUT2D eigenvalue weighted by Crippen LogP contribution is -2.01. The van der Waals surface area contributed by atoms with Crippen LogP contribution >= 0.6 is 0 Å². The molecule has 2 aromatic rings. The van der Waals surface area contributed by atoms with Crippen LogP contribution in [0.1, 0.15) is 25.3 Å². The molecule has 4 heteroatoms. The zero-order chi connectivity index (χ0) is 11.9. The van der Waals surface area contributed by atoms with Gasteiger partial charge in [0.25, 0.3) is 0 Å². The summed E-state index contributed by atoms with van der Waals surface area (Å²) in [5, 5.41) is 0.179. The number of anilines is 1. The summed E-state index contributed by atoms with van der Waals surface area (Å²) in [7, 11) is 0. The number of nitrogen functional groups attached to an aromatic ring is 1. The number of pyridine rings is 1. The highest BCUT2D eigenvalue weighted by molar-refractivity contribution is 5.82. The Morgan fingerprint density at radius 1 is 1.19 bits per heavy atom. The molecule has 0 amide bonds. The third kappa shape index (κ3) is 1.60. The van der Waals surface area contributed by atoms with Crippen molar-refractivity contribution in [1.82, 2.24) is 4.98 Å². The molecular formula is C12H12F2N2. The van der Waals surface area contributed by atoms with Gasteiger partial charge < -0.3 is 5.73 Å². The van der Waals surface area contributed by atoms with E-state index in [2.05, 4.69) is 4.98 Å². The van der Waals surface area contributed by atoms with E-state index in [9.17, 15) is 8.78 Å². The van der Waals surface area contributed by atoms with Crippen molar-refractivity contribution in [1.29, 1.82) is 0 Å². The SMILES string of the molecule is CC(C)c1cc2c(F)ccc(F)c2nc1N. The van der Waals surface area contributed by atoms with E-state index in [0.29, 0.717) is 0 Å². The summed E-state index contributed by atoms with van der Waals surface area (Å²) in [6, 6.07) is 3.72. The van der Waals surface area contributed by atoms with Crippen molar-refractivity contribution in [2.24, 2.45) is 0 Å². The van der Waals surface area contributed by atoms with Crippen LogP contribution in [0, 0.1) is 11.6 Å². The summed E-state index contributed by atoms with van der Waals surface area (Å²) in [6.07, 6.45) is 0. The molecule has 0 atom stereocenters. The Labute approximate surface area is 92.1 Å². The van der Waals surface area contributed by atoms with Crippen LogP contribution in [0.25, 0.3) is 10.9 Å². The minimum absolute atomic E-state index is 0.0121. The Morgan fingerprint density at radius 2 is 1.81 bits per heavy atom. The molecule has 2 rings (SSSR count). The normalized spacial score (nSPS) is 11.3. The zero-order valence-electron chi connectivity index (χ0n) is 9.09. The van der Waals surface area contributed by atoms with Crippen molar-refractivity contribution in [3.05, 3.63) is 35.4 Å². The van der Waals surface area contributed by atoms with Gasteiger partial charge in [0, 0.05) is 5.39 Å². The molecule has 84 valence electrons. The van der Waals surface area contributed by atoms with Gasteiger partial charge >= 0.3 is 0 Å². The first-order chi connectivity index (χ1) is 7.50. The lowest BCUT2D eigenvalue weighted by Gasteiger charge is -2.10. The van der Waals surface area contributed by atoms with Crippen LogP contribution in [-0.4, -0.2) is 4.98 Å². The van der Waals surface area contributed by atoms with Gasteiger partial charge in [-0.2, -0.15) is 0 Å². The second-order valence-electron chi connectivity index (χ2n) is 4.04. The molecule has 1 heterocycles. The number of rotatable bonds is 1. The van der Waals surface area contributed by atoms with E-state index < -0.39 is 11.6 Å². The largest absolute Gasteiger partial charge is 0.383 e. The molecule has 0 unspecified atom stereocenters. The van der Waals surface area contributed by atoms with E-state index in [0.717, 1.165) is 17.7 Å². The van der Waals surface area contributed by atoms with Gasteiger partial charge in [0.05, 0.1) is 0 Å². The van der Waals surface area contributed by atoms with Crippen molar-refractivity contribution < 1.29 is 8.78 Å². The zero-order valence-corrected chi connectivity index (χ0v) is 9.09. The first-order valence-electron chi connectivity index (χ1n) is 5.05. The smallest absolute Gasteiger partial charge is 0.149 e. The Balaban J connectivity index is 2.84. The molecule has 0 fully saturated rings. The van der Waals surface area contributed by atoms with Crippen LogP contribution in [0.2, 0.25) is 0 Å². The maximum absolute atomic E-state index is 13.5. The molecule has 0 radical (unpaired) electrons. The summed E-state index contributed by atoms with van der Waals surface area (Å²) < 4.78 is 26.9. The number of benzene rings is 1. The number of fused-ring (bicyclic) bond motifs is 1. The minimum Gasteiger partial charge on any atom is -0.383 e. The highest BCUT2D eigenvalue weighted by Gasteiger charge is 2.13. The van der Waals surface area contributed by atoms with Gasteiger partial charge in [0.2, 0.25) is 0 Å². The standard InChI is InChI=1S/C12H12F2N2/c1-6(2)7-5-8-9(13)3-4-10(14)11(8)16-12(7)15/h3-6H,1-2H3,(H2,15,16). The van der Waals surface area contributed by atoms with Crippen LogP contribution in [0.3, 0.4) is 0 Å². The lowest BCUT2D eigenvalue weighted by atomic mass is 10.0. The average molecular weight is 222 g/mol. The summed E-state index contributed by atoms with van der Waals surface area (Å²) in [5.41, 5.74) is 6.43. The molecule has 0 saturated carbocycles. The van der Waals surface area contributed by atoms with Crippen LogP contribution in [0.15, 0.2) is 18.2 Å². The fourth-order valence-electron chi connectivity index (χ4n) is 1.68. The van der Waals surface area contributed by atoms with Gasteiger partial charge in [0.1, 0.15) is 23.0 Å². The van der Waals surface area contributed by atoms with E-state index in [1.165, 1.54) is 0 Å². The quantitative estimate of drug-likeness (QED) is 0.804. The average Bonchev–Trinajstić information content (AvgIpc) is 2.23. The van der Waals surface area contributed by atoms with E-state index in [-0.39, 0.29) is 22.6 Å². The number of nitrogens with two attached hydrogens (primary N) is 1. The predicted octanol–water partition coefficient (Wildman–Crippen LogP) is 3.22. The first-order valence-corrected chi connectivity index (χ1v) is 5.05. The van der Waals surface area contributed by atoms with Crippen LogP contribution in [-0.2, 0) is 0 Å². The summed E-state index contributed by atoms with van der Waals surface area (Å²) in [6.45, 7) is 3.85. The Bertz CT molecular complexity index is 550. The molecular weight excluding hydrogens is 210 g/mol. The van der Waals surface area contributed by atoms with Crippen molar-refractivity contribution in [3.63, 3.8) is 0 Å². The fourth-order valence-corrected chi connectivity index (χ4v) is 1.68. The molecule has 2 nitrogen and oxygen atoms in total. The van der Waals surface area contributed by atoms with E-state index >= 15 is 0 Å². The van der Waals surface area contributed by atoms with Gasteiger partial charge in [-0.15, -0.1) is 0 Å². The number of hydrogen-bond acceptors (Lipinski definition) is 2. The molecule has 0 saturated heterocycles. The van der Waals surface area contributed by atoms with Crippen molar-refractivity contribution in [3.8, 4) is 0 Å². The maximum Gasteiger partial charge on any atom is 0.149 e. The number of hydrogen-bond donors (Lipinski definition) is 1. The van der Waals surface area contributed by atoms with Crippen LogP contribution in [0.4, 0.5) is 14.6 Å². The molecule has 0 aliphatic rings. The third-order valence-corrected chi connectivity index (χ3v) is 2.56. The van der Waals surface area contributed by atoms with Crippen molar-refractivity contribution >= 4 is 16.7 Å². The van der Waals surface area contributed by atoms with Gasteiger partial charge in [-0.05, 0) is 29.7 Å². The van der Waals surface area contributed by atoms with Crippen LogP contribution in [0.5, 0.6) is 0 Å². The van der Waals surface area contributed by atoms with Gasteiger partial charge in [0.15, 0.2) is 0 Å². The fraction of sp³-hybridized carbons (Fsp3) is 0.250. The molecule has 0 aliphatic heterocycles. The highest BCUT2D eigenvalue weighted by atomic mass is 19.1. The Hall–Kier alpha value is -1.71. The Morgan fingerprint density at radius 3 is 2.44 bits per heavy atom. The van der Waals surface area contributed by atoms with Gasteiger partial charge in [-0.1, -0.05) is 13.8 Å². The highest BCUT2D eigenvalue weighted by Crippen LogP contribution is 2.27. The number of nitrogens with zero attached hydrogens (tertiary/aromatic N) is 1.